The Morgan fingerprint density at radius 1 is 1.32 bits per heavy atom. The van der Waals surface area contributed by atoms with E-state index in [0.717, 1.165) is 38.5 Å². The maximum atomic E-state index is 12.6. The topological polar surface area (TPSA) is 69.0 Å². The molecule has 0 radical (unpaired) electrons. The van der Waals surface area contributed by atoms with E-state index < -0.39 is 6.10 Å². The molecule has 1 saturated carbocycles. The lowest BCUT2D eigenvalue weighted by molar-refractivity contribution is 0.107. The first-order valence-electron chi connectivity index (χ1n) is 9.70. The van der Waals surface area contributed by atoms with E-state index in [1.807, 2.05) is 4.90 Å². The van der Waals surface area contributed by atoms with Crippen LogP contribution < -0.4 is 5.32 Å². The number of carbonyl (C=O) groups is 1. The predicted molar refractivity (Wildman–Crippen MR) is 94.1 cm³/mol. The Kier molecular flexibility index (Phi) is 4.99. The number of nitrogens with zero attached hydrogens (tertiary/aromatic N) is 2. The van der Waals surface area contributed by atoms with Gasteiger partial charge in [0.05, 0.1) is 6.26 Å². The fourth-order valence-corrected chi connectivity index (χ4v) is 4.34. The summed E-state index contributed by atoms with van der Waals surface area (Å²) in [6, 6.07) is 4.51. The molecule has 0 spiro atoms. The molecule has 2 N–H and O–H groups in total. The van der Waals surface area contributed by atoms with E-state index in [1.54, 1.807) is 18.4 Å². The Balaban J connectivity index is 1.24. The van der Waals surface area contributed by atoms with E-state index >= 15 is 0 Å². The normalized spacial score (nSPS) is 28.4. The number of aliphatic hydroxyl groups is 1. The molecule has 1 aliphatic carbocycles. The van der Waals surface area contributed by atoms with Gasteiger partial charge in [0.1, 0.15) is 11.9 Å². The van der Waals surface area contributed by atoms with Gasteiger partial charge in [-0.2, -0.15) is 0 Å². The van der Waals surface area contributed by atoms with Crippen molar-refractivity contribution in [1.29, 1.82) is 0 Å². The van der Waals surface area contributed by atoms with Crippen molar-refractivity contribution < 1.29 is 14.3 Å². The van der Waals surface area contributed by atoms with Crippen molar-refractivity contribution in [3.8, 4) is 0 Å². The molecule has 0 bridgehead atoms. The minimum atomic E-state index is -0.643. The Morgan fingerprint density at radius 2 is 2.20 bits per heavy atom. The third-order valence-electron chi connectivity index (χ3n) is 5.93. The van der Waals surface area contributed by atoms with E-state index in [-0.39, 0.29) is 12.1 Å². The summed E-state index contributed by atoms with van der Waals surface area (Å²) in [6.45, 7) is 3.87. The van der Waals surface area contributed by atoms with Crippen molar-refractivity contribution in [3.05, 3.63) is 24.2 Å². The maximum Gasteiger partial charge on any atom is 0.317 e. The first-order chi connectivity index (χ1) is 12.2. The molecule has 0 aromatic carbocycles. The van der Waals surface area contributed by atoms with Crippen molar-refractivity contribution in [3.63, 3.8) is 0 Å². The average molecular weight is 347 g/mol. The van der Waals surface area contributed by atoms with E-state index in [0.29, 0.717) is 18.1 Å². The molecule has 1 aromatic heterocycles. The van der Waals surface area contributed by atoms with Gasteiger partial charge in [0.15, 0.2) is 0 Å². The van der Waals surface area contributed by atoms with Crippen LogP contribution >= 0.6 is 0 Å². The second kappa shape index (κ2) is 7.38. The van der Waals surface area contributed by atoms with Gasteiger partial charge in [-0.1, -0.05) is 0 Å². The van der Waals surface area contributed by atoms with Gasteiger partial charge >= 0.3 is 6.03 Å². The second-order valence-corrected chi connectivity index (χ2v) is 7.82. The van der Waals surface area contributed by atoms with Crippen molar-refractivity contribution >= 4 is 6.03 Å². The molecular weight excluding hydrogens is 318 g/mol. The number of aliphatic hydroxyl groups excluding tert-OH is 1. The van der Waals surface area contributed by atoms with Gasteiger partial charge in [-0.25, -0.2) is 4.79 Å². The third-order valence-corrected chi connectivity index (χ3v) is 5.93. The van der Waals surface area contributed by atoms with Crippen molar-refractivity contribution in [2.45, 2.75) is 56.7 Å². The molecule has 3 aliphatic rings. The number of carbonyl (C=O) groups excluding carboxylic acids is 1. The standard InChI is InChI=1S/C19H29N3O3/c23-17(18-4-2-10-25-18)11-16-3-1-8-22(16)19(24)20-12-14-7-9-21(13-14)15-5-6-15/h2,4,10,14-17,23H,1,3,5-9,11-13H2,(H,20,24)/t14-,16-,17-/m0/s1. The van der Waals surface area contributed by atoms with Gasteiger partial charge in [-0.15, -0.1) is 0 Å². The van der Waals surface area contributed by atoms with Crippen LogP contribution in [0, 0.1) is 5.92 Å². The van der Waals surface area contributed by atoms with E-state index in [9.17, 15) is 9.90 Å². The highest BCUT2D eigenvalue weighted by atomic mass is 16.4. The molecule has 2 saturated heterocycles. The quantitative estimate of drug-likeness (QED) is 0.829. The van der Waals surface area contributed by atoms with Gasteiger partial charge in [-0.05, 0) is 56.7 Å². The smallest absolute Gasteiger partial charge is 0.317 e. The molecule has 2 amide bonds. The number of amides is 2. The lowest BCUT2D eigenvalue weighted by Crippen LogP contribution is -2.45. The highest BCUT2D eigenvalue weighted by molar-refractivity contribution is 5.74. The van der Waals surface area contributed by atoms with Crippen LogP contribution in [-0.2, 0) is 0 Å². The molecule has 1 aromatic rings. The van der Waals surface area contributed by atoms with Crippen LogP contribution in [0.5, 0.6) is 0 Å². The fourth-order valence-electron chi connectivity index (χ4n) is 4.34. The number of urea groups is 1. The number of hydrogen-bond acceptors (Lipinski definition) is 4. The van der Waals surface area contributed by atoms with Crippen LogP contribution in [0.2, 0.25) is 0 Å². The SMILES string of the molecule is O=C(NC[C@@H]1CCN(C2CC2)C1)N1CCC[C@H]1C[C@H](O)c1ccco1. The Morgan fingerprint density at radius 3 is 2.96 bits per heavy atom. The van der Waals surface area contributed by atoms with Gasteiger partial charge in [0.2, 0.25) is 0 Å². The molecule has 138 valence electrons. The summed E-state index contributed by atoms with van der Waals surface area (Å²) in [6.07, 6.45) is 7.32. The summed E-state index contributed by atoms with van der Waals surface area (Å²) < 4.78 is 5.28. The highest BCUT2D eigenvalue weighted by Crippen LogP contribution is 2.31. The fraction of sp³-hybridized carbons (Fsp3) is 0.737. The zero-order valence-corrected chi connectivity index (χ0v) is 14.8. The zero-order chi connectivity index (χ0) is 17.2. The molecule has 3 atom stereocenters. The summed E-state index contributed by atoms with van der Waals surface area (Å²) in [4.78, 5) is 17.1. The molecule has 6 nitrogen and oxygen atoms in total. The first-order valence-corrected chi connectivity index (χ1v) is 9.70. The van der Waals surface area contributed by atoms with Crippen molar-refractivity contribution in [1.82, 2.24) is 15.1 Å². The van der Waals surface area contributed by atoms with Crippen LogP contribution in [0.3, 0.4) is 0 Å². The number of furan rings is 1. The van der Waals surface area contributed by atoms with E-state index in [2.05, 4.69) is 10.2 Å². The summed E-state index contributed by atoms with van der Waals surface area (Å²) in [7, 11) is 0. The molecule has 0 unspecified atom stereocenters. The van der Waals surface area contributed by atoms with Gasteiger partial charge in [-0.3, -0.25) is 0 Å². The Bertz CT molecular complexity index is 572. The monoisotopic (exact) mass is 347 g/mol. The van der Waals surface area contributed by atoms with Gasteiger partial charge in [0, 0.05) is 38.1 Å². The number of hydrogen-bond donors (Lipinski definition) is 2. The molecule has 2 aliphatic heterocycles. The maximum absolute atomic E-state index is 12.6. The summed E-state index contributed by atoms with van der Waals surface area (Å²) >= 11 is 0. The van der Waals surface area contributed by atoms with Crippen LogP contribution in [-0.4, -0.2) is 59.2 Å². The number of rotatable bonds is 6. The zero-order valence-electron chi connectivity index (χ0n) is 14.8. The summed E-state index contributed by atoms with van der Waals surface area (Å²) in [5.74, 6) is 1.16. The predicted octanol–water partition coefficient (Wildman–Crippen LogP) is 2.36. The molecule has 4 rings (SSSR count). The Hall–Kier alpha value is -1.53. The van der Waals surface area contributed by atoms with Crippen LogP contribution in [0.15, 0.2) is 22.8 Å². The second-order valence-electron chi connectivity index (χ2n) is 7.82. The van der Waals surface area contributed by atoms with Crippen LogP contribution in [0.4, 0.5) is 4.79 Å². The van der Waals surface area contributed by atoms with E-state index in [1.165, 1.54) is 25.8 Å². The largest absolute Gasteiger partial charge is 0.467 e. The molecule has 3 heterocycles. The summed E-state index contributed by atoms with van der Waals surface area (Å²) in [5.41, 5.74) is 0. The van der Waals surface area contributed by atoms with Crippen LogP contribution in [0.25, 0.3) is 0 Å². The molecule has 6 heteroatoms. The summed E-state index contributed by atoms with van der Waals surface area (Å²) in [5, 5.41) is 13.4. The average Bonchev–Trinajstić information content (AvgIpc) is 3.06. The van der Waals surface area contributed by atoms with E-state index in [4.69, 9.17) is 4.42 Å². The first kappa shape index (κ1) is 16.9. The van der Waals surface area contributed by atoms with Gasteiger partial charge in [0.25, 0.3) is 0 Å². The van der Waals surface area contributed by atoms with Crippen LogP contribution in [0.1, 0.15) is 50.4 Å². The minimum Gasteiger partial charge on any atom is -0.467 e. The van der Waals surface area contributed by atoms with Crippen molar-refractivity contribution in [2.75, 3.05) is 26.2 Å². The lowest BCUT2D eigenvalue weighted by Gasteiger charge is -2.27. The minimum absolute atomic E-state index is 0.0269. The molecular formula is C19H29N3O3. The van der Waals surface area contributed by atoms with Gasteiger partial charge < -0.3 is 24.6 Å². The lowest BCUT2D eigenvalue weighted by atomic mass is 10.1. The number of likely N-dealkylation sites (tertiary alicyclic amines) is 2. The van der Waals surface area contributed by atoms with Crippen molar-refractivity contribution in [2.24, 2.45) is 5.92 Å². The number of nitrogens with one attached hydrogen (secondary N) is 1. The Labute approximate surface area is 149 Å². The molecule has 25 heavy (non-hydrogen) atoms. The molecule has 3 fully saturated rings. The highest BCUT2D eigenvalue weighted by Gasteiger charge is 2.35. The third kappa shape index (κ3) is 4.01.